The lowest BCUT2D eigenvalue weighted by Gasteiger charge is -2.16. The van der Waals surface area contributed by atoms with E-state index in [1.54, 1.807) is 0 Å². The molecule has 3 N–H and O–H groups in total. The van der Waals surface area contributed by atoms with E-state index in [1.807, 2.05) is 56.3 Å². The van der Waals surface area contributed by atoms with Gasteiger partial charge in [0.1, 0.15) is 5.25 Å². The molecule has 1 amide bonds. The van der Waals surface area contributed by atoms with Gasteiger partial charge in [0.15, 0.2) is 4.34 Å². The van der Waals surface area contributed by atoms with Crippen LogP contribution in [0.25, 0.3) is 0 Å². The molecule has 1 atom stereocenters. The van der Waals surface area contributed by atoms with Gasteiger partial charge in [-0.05, 0) is 42.7 Å². The topological polar surface area (TPSA) is 80.9 Å². The SMILES string of the molecule is Cc1cc(C)cc(NC(=O)[C@@H](Sc2nnc(N)s2)c2ccccc2)c1. The van der Waals surface area contributed by atoms with Gasteiger partial charge >= 0.3 is 0 Å². The van der Waals surface area contributed by atoms with E-state index in [2.05, 4.69) is 21.6 Å². The van der Waals surface area contributed by atoms with E-state index in [4.69, 9.17) is 5.73 Å². The maximum Gasteiger partial charge on any atom is 0.242 e. The van der Waals surface area contributed by atoms with Crippen LogP contribution in [0.1, 0.15) is 21.9 Å². The molecule has 128 valence electrons. The van der Waals surface area contributed by atoms with Crippen LogP contribution in [0.4, 0.5) is 10.8 Å². The molecular formula is C18H18N4OS2. The molecule has 5 nitrogen and oxygen atoms in total. The van der Waals surface area contributed by atoms with Crippen molar-refractivity contribution in [2.24, 2.45) is 0 Å². The Morgan fingerprint density at radius 2 is 1.80 bits per heavy atom. The summed E-state index contributed by atoms with van der Waals surface area (Å²) in [4.78, 5) is 12.9. The summed E-state index contributed by atoms with van der Waals surface area (Å²) in [7, 11) is 0. The highest BCUT2D eigenvalue weighted by Crippen LogP contribution is 2.38. The summed E-state index contributed by atoms with van der Waals surface area (Å²) in [6.07, 6.45) is 0. The van der Waals surface area contributed by atoms with Crippen molar-refractivity contribution >= 4 is 39.8 Å². The summed E-state index contributed by atoms with van der Waals surface area (Å²) in [5.41, 5.74) is 9.57. The van der Waals surface area contributed by atoms with Crippen LogP contribution in [0, 0.1) is 13.8 Å². The van der Waals surface area contributed by atoms with E-state index >= 15 is 0 Å². The predicted octanol–water partition coefficient (Wildman–Crippen LogP) is 4.21. The largest absolute Gasteiger partial charge is 0.374 e. The van der Waals surface area contributed by atoms with Crippen molar-refractivity contribution in [3.05, 3.63) is 65.2 Å². The Kier molecular flexibility index (Phi) is 5.35. The smallest absolute Gasteiger partial charge is 0.242 e. The second-order valence-corrected chi connectivity index (χ2v) is 8.04. The first-order valence-electron chi connectivity index (χ1n) is 7.71. The van der Waals surface area contributed by atoms with Gasteiger partial charge in [-0.3, -0.25) is 4.79 Å². The van der Waals surface area contributed by atoms with Gasteiger partial charge in [-0.25, -0.2) is 0 Å². The summed E-state index contributed by atoms with van der Waals surface area (Å²) in [6.45, 7) is 4.02. The number of anilines is 2. The van der Waals surface area contributed by atoms with E-state index in [9.17, 15) is 4.79 Å². The highest BCUT2D eigenvalue weighted by atomic mass is 32.2. The molecule has 0 aliphatic heterocycles. The molecule has 0 aliphatic carbocycles. The zero-order valence-electron chi connectivity index (χ0n) is 13.9. The zero-order chi connectivity index (χ0) is 17.8. The molecule has 2 aromatic carbocycles. The lowest BCUT2D eigenvalue weighted by Crippen LogP contribution is -2.19. The number of nitrogen functional groups attached to an aromatic ring is 1. The first-order chi connectivity index (χ1) is 12.0. The molecular weight excluding hydrogens is 352 g/mol. The van der Waals surface area contributed by atoms with Crippen molar-refractivity contribution in [3.8, 4) is 0 Å². The van der Waals surface area contributed by atoms with Crippen molar-refractivity contribution in [3.63, 3.8) is 0 Å². The maximum absolute atomic E-state index is 12.9. The molecule has 0 fully saturated rings. The van der Waals surface area contributed by atoms with Gasteiger partial charge in [0.05, 0.1) is 0 Å². The van der Waals surface area contributed by atoms with Gasteiger partial charge in [0.2, 0.25) is 11.0 Å². The lowest BCUT2D eigenvalue weighted by molar-refractivity contribution is -0.115. The first-order valence-corrected chi connectivity index (χ1v) is 9.40. The second-order valence-electron chi connectivity index (χ2n) is 5.68. The number of aryl methyl sites for hydroxylation is 2. The van der Waals surface area contributed by atoms with Gasteiger partial charge in [-0.15, -0.1) is 10.2 Å². The van der Waals surface area contributed by atoms with Crippen molar-refractivity contribution in [1.29, 1.82) is 0 Å². The monoisotopic (exact) mass is 370 g/mol. The van der Waals surface area contributed by atoms with Crippen molar-refractivity contribution in [2.75, 3.05) is 11.1 Å². The van der Waals surface area contributed by atoms with Gasteiger partial charge in [-0.1, -0.05) is 59.5 Å². The minimum atomic E-state index is -0.436. The number of aromatic nitrogens is 2. The highest BCUT2D eigenvalue weighted by Gasteiger charge is 2.24. The van der Waals surface area contributed by atoms with Gasteiger partial charge in [0.25, 0.3) is 0 Å². The molecule has 0 saturated carbocycles. The third kappa shape index (κ3) is 4.58. The van der Waals surface area contributed by atoms with Crippen LogP contribution >= 0.6 is 23.1 Å². The number of carbonyl (C=O) groups excluding carboxylic acids is 1. The van der Waals surface area contributed by atoms with Crippen LogP contribution in [0.3, 0.4) is 0 Å². The Morgan fingerprint density at radius 3 is 2.40 bits per heavy atom. The fourth-order valence-corrected chi connectivity index (χ4v) is 4.35. The molecule has 1 heterocycles. The minimum Gasteiger partial charge on any atom is -0.374 e. The van der Waals surface area contributed by atoms with Gasteiger partial charge in [0, 0.05) is 5.69 Å². The van der Waals surface area contributed by atoms with Crippen LogP contribution in [0.5, 0.6) is 0 Å². The summed E-state index contributed by atoms with van der Waals surface area (Å²) >= 11 is 2.63. The fourth-order valence-electron chi connectivity index (χ4n) is 2.52. The van der Waals surface area contributed by atoms with E-state index in [0.717, 1.165) is 22.4 Å². The van der Waals surface area contributed by atoms with Crippen LogP contribution in [0.15, 0.2) is 52.9 Å². The van der Waals surface area contributed by atoms with Gasteiger partial charge < -0.3 is 11.1 Å². The number of hydrogen-bond acceptors (Lipinski definition) is 6. The summed E-state index contributed by atoms with van der Waals surface area (Å²) in [6, 6.07) is 15.6. The lowest BCUT2D eigenvalue weighted by atomic mass is 10.1. The van der Waals surface area contributed by atoms with E-state index in [0.29, 0.717) is 9.47 Å². The number of rotatable bonds is 5. The Bertz CT molecular complexity index is 860. The molecule has 3 aromatic rings. The molecule has 0 radical (unpaired) electrons. The number of hydrogen-bond donors (Lipinski definition) is 2. The molecule has 1 aromatic heterocycles. The molecule has 7 heteroatoms. The van der Waals surface area contributed by atoms with E-state index in [1.165, 1.54) is 23.1 Å². The zero-order valence-corrected chi connectivity index (χ0v) is 15.5. The van der Waals surface area contributed by atoms with Crippen molar-refractivity contribution in [1.82, 2.24) is 10.2 Å². The average Bonchev–Trinajstić information content (AvgIpc) is 2.97. The van der Waals surface area contributed by atoms with Crippen LogP contribution < -0.4 is 11.1 Å². The second kappa shape index (κ2) is 7.67. The van der Waals surface area contributed by atoms with Crippen molar-refractivity contribution in [2.45, 2.75) is 23.4 Å². The minimum absolute atomic E-state index is 0.102. The Balaban J connectivity index is 1.86. The van der Waals surface area contributed by atoms with Crippen molar-refractivity contribution < 1.29 is 4.79 Å². The van der Waals surface area contributed by atoms with Gasteiger partial charge in [-0.2, -0.15) is 0 Å². The predicted molar refractivity (Wildman–Crippen MR) is 104 cm³/mol. The number of benzene rings is 2. The quantitative estimate of drug-likeness (QED) is 0.658. The number of nitrogens with one attached hydrogen (secondary N) is 1. The highest BCUT2D eigenvalue weighted by molar-refractivity contribution is 8.02. The van der Waals surface area contributed by atoms with Crippen LogP contribution in [-0.4, -0.2) is 16.1 Å². The number of nitrogens with two attached hydrogens (primary N) is 1. The summed E-state index contributed by atoms with van der Waals surface area (Å²) in [5, 5.41) is 10.8. The number of nitrogens with zero attached hydrogens (tertiary/aromatic N) is 2. The maximum atomic E-state index is 12.9. The number of amides is 1. The summed E-state index contributed by atoms with van der Waals surface area (Å²) < 4.78 is 0.668. The van der Waals surface area contributed by atoms with Crippen LogP contribution in [0.2, 0.25) is 0 Å². The summed E-state index contributed by atoms with van der Waals surface area (Å²) in [5.74, 6) is -0.102. The Hall–Kier alpha value is -2.38. The third-order valence-corrected chi connectivity index (χ3v) is 5.56. The first kappa shape index (κ1) is 17.4. The molecule has 3 rings (SSSR count). The Labute approximate surface area is 154 Å². The third-order valence-electron chi connectivity index (χ3n) is 3.47. The normalized spacial score (nSPS) is 11.9. The molecule has 25 heavy (non-hydrogen) atoms. The number of carbonyl (C=O) groups is 1. The molecule has 0 unspecified atom stereocenters. The van der Waals surface area contributed by atoms with E-state index in [-0.39, 0.29) is 5.91 Å². The molecule has 0 saturated heterocycles. The Morgan fingerprint density at radius 1 is 1.12 bits per heavy atom. The van der Waals surface area contributed by atoms with Crippen LogP contribution in [-0.2, 0) is 4.79 Å². The average molecular weight is 371 g/mol. The fraction of sp³-hybridized carbons (Fsp3) is 0.167. The molecule has 0 spiro atoms. The number of thioether (sulfide) groups is 1. The molecule has 0 aliphatic rings. The standard InChI is InChI=1S/C18H18N4OS2/c1-11-8-12(2)10-14(9-11)20-16(23)15(13-6-4-3-5-7-13)24-18-22-21-17(19)25-18/h3-10,15H,1-2H3,(H2,19,21)(H,20,23)/t15-/m0/s1. The van der Waals surface area contributed by atoms with E-state index < -0.39 is 5.25 Å². The molecule has 0 bridgehead atoms.